The third kappa shape index (κ3) is 3.24. The molecule has 0 unspecified atom stereocenters. The van der Waals surface area contributed by atoms with Crippen molar-refractivity contribution in [2.45, 2.75) is 20.0 Å². The Bertz CT molecular complexity index is 685. The lowest BCUT2D eigenvalue weighted by Gasteiger charge is -2.08. The first-order valence-electron chi connectivity index (χ1n) is 6.36. The number of aromatic nitrogens is 2. The van der Waals surface area contributed by atoms with Gasteiger partial charge in [-0.1, -0.05) is 6.92 Å². The van der Waals surface area contributed by atoms with Crippen LogP contribution >= 0.6 is 15.9 Å². The van der Waals surface area contributed by atoms with Crippen LogP contribution in [0.15, 0.2) is 22.7 Å². The lowest BCUT2D eigenvalue weighted by Crippen LogP contribution is -2.10. The van der Waals surface area contributed by atoms with Crippen LogP contribution in [0.2, 0.25) is 0 Å². The molecule has 2 rings (SSSR count). The molecule has 21 heavy (non-hydrogen) atoms. The van der Waals surface area contributed by atoms with Gasteiger partial charge in [-0.3, -0.25) is 4.68 Å². The summed E-state index contributed by atoms with van der Waals surface area (Å²) >= 11 is 3.44. The quantitative estimate of drug-likeness (QED) is 0.676. The molecule has 1 heterocycles. The average Bonchev–Trinajstić information content (AvgIpc) is 2.71. The summed E-state index contributed by atoms with van der Waals surface area (Å²) in [5.41, 5.74) is 7.45. The highest BCUT2D eigenvalue weighted by Gasteiger charge is 2.16. The van der Waals surface area contributed by atoms with E-state index in [4.69, 9.17) is 10.5 Å². The molecule has 0 bridgehead atoms. The molecule has 0 aliphatic rings. The van der Waals surface area contributed by atoms with Gasteiger partial charge in [-0.15, -0.1) is 0 Å². The number of halogens is 2. The SMILES string of the molecule is CCc1nn(C)c(COC(=O)c2ccc(F)cc2N)c1Br. The first-order chi connectivity index (χ1) is 9.93. The van der Waals surface area contributed by atoms with Gasteiger partial charge in [0.15, 0.2) is 0 Å². The molecule has 0 aliphatic carbocycles. The minimum absolute atomic E-state index is 0.0540. The van der Waals surface area contributed by atoms with Gasteiger partial charge in [-0.25, -0.2) is 9.18 Å². The molecule has 0 amide bonds. The van der Waals surface area contributed by atoms with Crippen molar-refractivity contribution in [1.82, 2.24) is 9.78 Å². The number of nitrogens with two attached hydrogens (primary N) is 1. The molecule has 112 valence electrons. The Hall–Kier alpha value is -1.89. The number of carbonyl (C=O) groups excluding carboxylic acids is 1. The number of aryl methyl sites for hydroxylation is 2. The Morgan fingerprint density at radius 1 is 1.52 bits per heavy atom. The number of anilines is 1. The van der Waals surface area contributed by atoms with E-state index < -0.39 is 11.8 Å². The van der Waals surface area contributed by atoms with Crippen LogP contribution in [-0.2, 0) is 24.8 Å². The van der Waals surface area contributed by atoms with E-state index in [1.54, 1.807) is 11.7 Å². The van der Waals surface area contributed by atoms with Gasteiger partial charge in [0.1, 0.15) is 12.4 Å². The molecule has 0 saturated heterocycles. The van der Waals surface area contributed by atoms with Crippen molar-refractivity contribution in [3.8, 4) is 0 Å². The van der Waals surface area contributed by atoms with Gasteiger partial charge in [0.25, 0.3) is 0 Å². The summed E-state index contributed by atoms with van der Waals surface area (Å²) in [6.07, 6.45) is 0.771. The minimum atomic E-state index is -0.598. The van der Waals surface area contributed by atoms with Crippen molar-refractivity contribution in [3.05, 3.63) is 45.4 Å². The zero-order valence-corrected chi connectivity index (χ0v) is 13.3. The molecular weight excluding hydrogens is 341 g/mol. The number of nitrogen functional groups attached to an aromatic ring is 1. The standard InChI is InChI=1S/C14H15BrFN3O2/c1-3-11-13(15)12(19(2)18-11)7-21-14(20)9-5-4-8(16)6-10(9)17/h4-6H,3,7,17H2,1-2H3. The van der Waals surface area contributed by atoms with Gasteiger partial charge >= 0.3 is 5.97 Å². The van der Waals surface area contributed by atoms with Crippen molar-refractivity contribution in [2.75, 3.05) is 5.73 Å². The van der Waals surface area contributed by atoms with Crippen LogP contribution in [0.4, 0.5) is 10.1 Å². The summed E-state index contributed by atoms with van der Waals surface area (Å²) in [6, 6.07) is 3.57. The normalized spacial score (nSPS) is 10.7. The molecule has 0 atom stereocenters. The molecule has 0 radical (unpaired) electrons. The van der Waals surface area contributed by atoms with E-state index in [9.17, 15) is 9.18 Å². The van der Waals surface area contributed by atoms with Crippen molar-refractivity contribution in [1.29, 1.82) is 0 Å². The van der Waals surface area contributed by atoms with Crippen LogP contribution < -0.4 is 5.73 Å². The number of nitrogens with zero attached hydrogens (tertiary/aromatic N) is 2. The summed E-state index contributed by atoms with van der Waals surface area (Å²) in [6.45, 7) is 2.04. The van der Waals surface area contributed by atoms with Gasteiger partial charge in [0, 0.05) is 12.7 Å². The number of ether oxygens (including phenoxy) is 1. The Kier molecular flexibility index (Phi) is 4.62. The lowest BCUT2D eigenvalue weighted by atomic mass is 10.2. The van der Waals surface area contributed by atoms with Crippen LogP contribution in [0, 0.1) is 5.82 Å². The zero-order chi connectivity index (χ0) is 15.6. The van der Waals surface area contributed by atoms with E-state index in [1.807, 2.05) is 6.92 Å². The molecule has 0 spiro atoms. The highest BCUT2D eigenvalue weighted by atomic mass is 79.9. The van der Waals surface area contributed by atoms with Crippen LogP contribution in [-0.4, -0.2) is 15.7 Å². The van der Waals surface area contributed by atoms with Crippen LogP contribution in [0.1, 0.15) is 28.7 Å². The van der Waals surface area contributed by atoms with Gasteiger partial charge in [-0.05, 0) is 40.5 Å². The van der Waals surface area contributed by atoms with Gasteiger partial charge < -0.3 is 10.5 Å². The average molecular weight is 356 g/mol. The lowest BCUT2D eigenvalue weighted by molar-refractivity contribution is 0.0464. The minimum Gasteiger partial charge on any atom is -0.455 e. The number of esters is 1. The number of rotatable bonds is 4. The predicted molar refractivity (Wildman–Crippen MR) is 80.2 cm³/mol. The second kappa shape index (κ2) is 6.26. The molecular formula is C14H15BrFN3O2. The van der Waals surface area contributed by atoms with Crippen molar-refractivity contribution < 1.29 is 13.9 Å². The molecule has 1 aromatic carbocycles. The smallest absolute Gasteiger partial charge is 0.340 e. The third-order valence-electron chi connectivity index (χ3n) is 3.08. The topological polar surface area (TPSA) is 70.1 Å². The van der Waals surface area contributed by atoms with E-state index >= 15 is 0 Å². The Morgan fingerprint density at radius 2 is 2.24 bits per heavy atom. The molecule has 2 N–H and O–H groups in total. The summed E-state index contributed by atoms with van der Waals surface area (Å²) in [5, 5.41) is 4.31. The van der Waals surface area contributed by atoms with E-state index in [-0.39, 0.29) is 17.9 Å². The molecule has 0 saturated carbocycles. The predicted octanol–water partition coefficient (Wildman–Crippen LogP) is 2.82. The highest BCUT2D eigenvalue weighted by molar-refractivity contribution is 9.10. The highest BCUT2D eigenvalue weighted by Crippen LogP contribution is 2.23. The molecule has 2 aromatic rings. The number of hydrogen-bond acceptors (Lipinski definition) is 4. The largest absolute Gasteiger partial charge is 0.455 e. The van der Waals surface area contributed by atoms with Gasteiger partial charge in [0.05, 0.1) is 21.4 Å². The molecule has 5 nitrogen and oxygen atoms in total. The Labute approximate surface area is 130 Å². The first-order valence-corrected chi connectivity index (χ1v) is 7.15. The van der Waals surface area contributed by atoms with E-state index in [0.29, 0.717) is 0 Å². The van der Waals surface area contributed by atoms with Gasteiger partial charge in [-0.2, -0.15) is 5.10 Å². The second-order valence-electron chi connectivity index (χ2n) is 4.49. The Balaban J connectivity index is 2.13. The van der Waals surface area contributed by atoms with Crippen molar-refractivity contribution >= 4 is 27.6 Å². The van der Waals surface area contributed by atoms with E-state index in [1.165, 1.54) is 12.1 Å². The number of benzene rings is 1. The monoisotopic (exact) mass is 355 g/mol. The van der Waals surface area contributed by atoms with Gasteiger partial charge in [0.2, 0.25) is 0 Å². The fourth-order valence-electron chi connectivity index (χ4n) is 1.91. The summed E-state index contributed by atoms with van der Waals surface area (Å²) in [4.78, 5) is 12.0. The number of carbonyl (C=O) groups is 1. The van der Waals surface area contributed by atoms with E-state index in [2.05, 4.69) is 21.0 Å². The first kappa shape index (κ1) is 15.5. The molecule has 0 aliphatic heterocycles. The zero-order valence-electron chi connectivity index (χ0n) is 11.7. The maximum atomic E-state index is 13.0. The van der Waals surface area contributed by atoms with E-state index in [0.717, 1.165) is 28.3 Å². The molecule has 0 fully saturated rings. The maximum Gasteiger partial charge on any atom is 0.340 e. The maximum absolute atomic E-state index is 13.0. The molecule has 7 heteroatoms. The fraction of sp³-hybridized carbons (Fsp3) is 0.286. The second-order valence-corrected chi connectivity index (χ2v) is 5.29. The summed E-state index contributed by atoms with van der Waals surface area (Å²) in [5.74, 6) is -1.09. The summed E-state index contributed by atoms with van der Waals surface area (Å²) in [7, 11) is 1.78. The third-order valence-corrected chi connectivity index (χ3v) is 3.99. The number of hydrogen-bond donors (Lipinski definition) is 1. The van der Waals surface area contributed by atoms with Crippen LogP contribution in [0.3, 0.4) is 0 Å². The summed E-state index contributed by atoms with van der Waals surface area (Å²) < 4.78 is 20.7. The fourth-order valence-corrected chi connectivity index (χ4v) is 2.64. The Morgan fingerprint density at radius 3 is 2.81 bits per heavy atom. The van der Waals surface area contributed by atoms with Crippen LogP contribution in [0.25, 0.3) is 0 Å². The van der Waals surface area contributed by atoms with Crippen molar-refractivity contribution in [2.24, 2.45) is 7.05 Å². The van der Waals surface area contributed by atoms with Crippen LogP contribution in [0.5, 0.6) is 0 Å². The molecule has 1 aromatic heterocycles. The van der Waals surface area contributed by atoms with Crippen molar-refractivity contribution in [3.63, 3.8) is 0 Å².